The second-order valence-electron chi connectivity index (χ2n) is 6.53. The second-order valence-corrected chi connectivity index (χ2v) is 10.3. The van der Waals surface area contributed by atoms with E-state index in [0.29, 0.717) is 31.6 Å². The smallest absolute Gasteiger partial charge is 0.309 e. The molecular weight excluding hydrogens is 468 g/mol. The van der Waals surface area contributed by atoms with Crippen molar-refractivity contribution in [1.29, 1.82) is 0 Å². The molecule has 10 heteroatoms. The Balaban J connectivity index is 1.58. The zero-order valence-corrected chi connectivity index (χ0v) is 18.8. The number of benzene rings is 1. The molecule has 1 saturated heterocycles. The Kier molecular flexibility index (Phi) is 6.74. The maximum absolute atomic E-state index is 12.3. The van der Waals surface area contributed by atoms with Gasteiger partial charge in [-0.2, -0.15) is 0 Å². The molecule has 1 aliphatic heterocycles. The average Bonchev–Trinajstić information content (AvgIpc) is 3.14. The van der Waals surface area contributed by atoms with Gasteiger partial charge in [-0.1, -0.05) is 15.9 Å². The van der Waals surface area contributed by atoms with Gasteiger partial charge in [-0.25, -0.2) is 17.7 Å². The number of ether oxygens (including phenoxy) is 2. The predicted molar refractivity (Wildman–Crippen MR) is 111 cm³/mol. The lowest BCUT2D eigenvalue weighted by Crippen LogP contribution is -2.40. The van der Waals surface area contributed by atoms with Gasteiger partial charge in [-0.15, -0.1) is 11.3 Å². The van der Waals surface area contributed by atoms with Crippen LogP contribution in [-0.4, -0.2) is 50.1 Å². The Morgan fingerprint density at radius 3 is 2.71 bits per heavy atom. The van der Waals surface area contributed by atoms with Crippen molar-refractivity contribution >= 4 is 43.3 Å². The zero-order valence-electron chi connectivity index (χ0n) is 15.6. The molecule has 7 nitrogen and oxygen atoms in total. The lowest BCUT2D eigenvalue weighted by Gasteiger charge is -2.28. The summed E-state index contributed by atoms with van der Waals surface area (Å²) in [6.45, 7) is 0.794. The molecule has 1 aromatic carbocycles. The fourth-order valence-corrected chi connectivity index (χ4v) is 5.09. The normalized spacial score (nSPS) is 16.1. The molecule has 2 aromatic rings. The summed E-state index contributed by atoms with van der Waals surface area (Å²) in [6.07, 6.45) is 2.14. The molecule has 2 heterocycles. The quantitative estimate of drug-likeness (QED) is 0.579. The van der Waals surface area contributed by atoms with Crippen LogP contribution in [0.1, 0.15) is 18.5 Å². The number of thiazole rings is 1. The number of sulfonamides is 1. The minimum atomic E-state index is -3.20. The number of hydrogen-bond donors (Lipinski definition) is 0. The molecular formula is C18H21BrN2O5S2. The Morgan fingerprint density at radius 2 is 2.07 bits per heavy atom. The van der Waals surface area contributed by atoms with Crippen LogP contribution in [0.4, 0.5) is 0 Å². The standard InChI is InChI=1S/C18H21BrN2O5S2/c1-25-16-4-3-13(19)9-15(16)17-20-14(11-27-17)10-26-18(22)12-5-7-21(8-6-12)28(2,23)24/h3-4,9,11-12H,5-8,10H2,1-2H3. The van der Waals surface area contributed by atoms with E-state index in [4.69, 9.17) is 9.47 Å². The molecule has 1 aromatic heterocycles. The first kappa shape index (κ1) is 21.2. The molecule has 1 aliphatic rings. The summed E-state index contributed by atoms with van der Waals surface area (Å²) < 4.78 is 36.2. The van der Waals surface area contributed by atoms with Gasteiger partial charge in [0.1, 0.15) is 17.4 Å². The van der Waals surface area contributed by atoms with Gasteiger partial charge >= 0.3 is 5.97 Å². The highest BCUT2D eigenvalue weighted by molar-refractivity contribution is 9.10. The minimum absolute atomic E-state index is 0.0952. The highest BCUT2D eigenvalue weighted by atomic mass is 79.9. The van der Waals surface area contributed by atoms with E-state index in [9.17, 15) is 13.2 Å². The van der Waals surface area contributed by atoms with Crippen LogP contribution in [0.5, 0.6) is 5.75 Å². The summed E-state index contributed by atoms with van der Waals surface area (Å²) in [6, 6.07) is 5.69. The number of aromatic nitrogens is 1. The van der Waals surface area contributed by atoms with Crippen molar-refractivity contribution in [1.82, 2.24) is 9.29 Å². The third-order valence-corrected chi connectivity index (χ3v) is 7.28. The zero-order chi connectivity index (χ0) is 20.3. The molecule has 0 bridgehead atoms. The van der Waals surface area contributed by atoms with Crippen molar-refractivity contribution < 1.29 is 22.7 Å². The Bertz CT molecular complexity index is 953. The van der Waals surface area contributed by atoms with Crippen LogP contribution in [0, 0.1) is 5.92 Å². The highest BCUT2D eigenvalue weighted by Crippen LogP contribution is 2.34. The molecule has 1 fully saturated rings. The van der Waals surface area contributed by atoms with Gasteiger partial charge in [-0.05, 0) is 31.0 Å². The maximum Gasteiger partial charge on any atom is 0.309 e. The van der Waals surface area contributed by atoms with E-state index in [-0.39, 0.29) is 18.5 Å². The van der Waals surface area contributed by atoms with Crippen molar-refractivity contribution in [3.8, 4) is 16.3 Å². The number of halogens is 1. The molecule has 0 saturated carbocycles. The van der Waals surface area contributed by atoms with Crippen molar-refractivity contribution in [2.75, 3.05) is 26.5 Å². The van der Waals surface area contributed by atoms with Crippen LogP contribution < -0.4 is 4.74 Å². The molecule has 0 aliphatic carbocycles. The molecule has 28 heavy (non-hydrogen) atoms. The van der Waals surface area contributed by atoms with Crippen LogP contribution in [-0.2, 0) is 26.2 Å². The number of carbonyl (C=O) groups is 1. The SMILES string of the molecule is COc1ccc(Br)cc1-c1nc(COC(=O)C2CCN(S(C)(=O)=O)CC2)cs1. The number of carbonyl (C=O) groups excluding carboxylic acids is 1. The number of methoxy groups -OCH3 is 1. The van der Waals surface area contributed by atoms with Gasteiger partial charge in [0.2, 0.25) is 10.0 Å². The van der Waals surface area contributed by atoms with E-state index in [0.717, 1.165) is 20.8 Å². The Labute approximate surface area is 176 Å². The van der Waals surface area contributed by atoms with Crippen molar-refractivity contribution in [2.45, 2.75) is 19.4 Å². The maximum atomic E-state index is 12.3. The monoisotopic (exact) mass is 488 g/mol. The third-order valence-electron chi connectivity index (χ3n) is 4.56. The highest BCUT2D eigenvalue weighted by Gasteiger charge is 2.30. The Hall–Kier alpha value is -1.49. The van der Waals surface area contributed by atoms with E-state index in [1.165, 1.54) is 21.9 Å². The summed E-state index contributed by atoms with van der Waals surface area (Å²) in [7, 11) is -1.59. The van der Waals surface area contributed by atoms with Gasteiger partial charge in [-0.3, -0.25) is 4.79 Å². The predicted octanol–water partition coefficient (Wildman–Crippen LogP) is 3.30. The minimum Gasteiger partial charge on any atom is -0.496 e. The number of piperidine rings is 1. The van der Waals surface area contributed by atoms with Crippen molar-refractivity contribution in [3.63, 3.8) is 0 Å². The summed E-state index contributed by atoms with van der Waals surface area (Å²) in [5.41, 5.74) is 1.54. The topological polar surface area (TPSA) is 85.8 Å². The second kappa shape index (κ2) is 8.89. The molecule has 152 valence electrons. The first-order valence-corrected chi connectivity index (χ1v) is 12.2. The fraction of sp³-hybridized carbons (Fsp3) is 0.444. The summed E-state index contributed by atoms with van der Waals surface area (Å²) >= 11 is 4.91. The van der Waals surface area contributed by atoms with Crippen LogP contribution in [0.3, 0.4) is 0 Å². The van der Waals surface area contributed by atoms with E-state index >= 15 is 0 Å². The molecule has 0 atom stereocenters. The molecule has 0 spiro atoms. The van der Waals surface area contributed by atoms with E-state index in [1.807, 2.05) is 23.6 Å². The molecule has 3 rings (SSSR count). The van der Waals surface area contributed by atoms with E-state index in [2.05, 4.69) is 20.9 Å². The number of rotatable bonds is 6. The number of esters is 1. The first-order chi connectivity index (χ1) is 13.3. The fourth-order valence-electron chi connectivity index (χ4n) is 3.03. The molecule has 0 amide bonds. The van der Waals surface area contributed by atoms with Crippen LogP contribution in [0.15, 0.2) is 28.1 Å². The molecule has 0 radical (unpaired) electrons. The largest absolute Gasteiger partial charge is 0.496 e. The summed E-state index contributed by atoms with van der Waals surface area (Å²) in [4.78, 5) is 16.9. The lowest BCUT2D eigenvalue weighted by atomic mass is 9.98. The van der Waals surface area contributed by atoms with Crippen LogP contribution >= 0.6 is 27.3 Å². The van der Waals surface area contributed by atoms with E-state index in [1.54, 1.807) is 7.11 Å². The first-order valence-electron chi connectivity index (χ1n) is 8.68. The van der Waals surface area contributed by atoms with E-state index < -0.39 is 10.0 Å². The van der Waals surface area contributed by atoms with Gasteiger partial charge in [0.25, 0.3) is 0 Å². The lowest BCUT2D eigenvalue weighted by molar-refractivity contribution is -0.151. The number of hydrogen-bond acceptors (Lipinski definition) is 7. The molecule has 0 unspecified atom stereocenters. The van der Waals surface area contributed by atoms with Gasteiger partial charge in [0.05, 0.1) is 30.5 Å². The summed E-state index contributed by atoms with van der Waals surface area (Å²) in [5.74, 6) is 0.141. The Morgan fingerprint density at radius 1 is 1.36 bits per heavy atom. The third kappa shape index (κ3) is 5.11. The van der Waals surface area contributed by atoms with Crippen LogP contribution in [0.2, 0.25) is 0 Å². The van der Waals surface area contributed by atoms with Crippen LogP contribution in [0.25, 0.3) is 10.6 Å². The molecule has 0 N–H and O–H groups in total. The van der Waals surface area contributed by atoms with Gasteiger partial charge in [0.15, 0.2) is 0 Å². The van der Waals surface area contributed by atoms with Gasteiger partial charge in [0, 0.05) is 22.9 Å². The van der Waals surface area contributed by atoms with Crippen molar-refractivity contribution in [2.24, 2.45) is 5.92 Å². The summed E-state index contributed by atoms with van der Waals surface area (Å²) in [5, 5.41) is 2.64. The average molecular weight is 489 g/mol. The van der Waals surface area contributed by atoms with Crippen molar-refractivity contribution in [3.05, 3.63) is 33.7 Å². The number of nitrogens with zero attached hydrogens (tertiary/aromatic N) is 2. The van der Waals surface area contributed by atoms with Gasteiger partial charge < -0.3 is 9.47 Å².